The standard InChI is InChI=1S/C15H22FN3O2.ClH/c1-11(2)19(15(21)8-9-17-3)10-14(20)18-13-6-4-12(16)5-7-13;/h4-7,11,17H,8-10H2,1-3H3,(H,18,20);1H. The molecule has 0 saturated heterocycles. The number of hydrogen-bond acceptors (Lipinski definition) is 3. The fraction of sp³-hybridized carbons (Fsp3) is 0.467. The molecule has 0 unspecified atom stereocenters. The van der Waals surface area contributed by atoms with Crippen LogP contribution in [0.2, 0.25) is 0 Å². The van der Waals surface area contributed by atoms with Gasteiger partial charge in [-0.15, -0.1) is 12.4 Å². The zero-order valence-corrected chi connectivity index (χ0v) is 13.9. The number of carbonyl (C=O) groups excluding carboxylic acids is 2. The number of carbonyl (C=O) groups is 2. The van der Waals surface area contributed by atoms with Crippen molar-refractivity contribution < 1.29 is 14.0 Å². The van der Waals surface area contributed by atoms with E-state index in [1.165, 1.54) is 29.2 Å². The first-order chi connectivity index (χ1) is 9.93. The molecule has 0 heterocycles. The van der Waals surface area contributed by atoms with Crippen LogP contribution in [0.5, 0.6) is 0 Å². The molecule has 0 aliphatic carbocycles. The molecule has 2 N–H and O–H groups in total. The van der Waals surface area contributed by atoms with Gasteiger partial charge in [0.05, 0.1) is 0 Å². The van der Waals surface area contributed by atoms with Gasteiger partial charge >= 0.3 is 0 Å². The smallest absolute Gasteiger partial charge is 0.244 e. The lowest BCUT2D eigenvalue weighted by molar-refractivity contribution is -0.136. The molecule has 0 aliphatic rings. The molecule has 1 rings (SSSR count). The Labute approximate surface area is 136 Å². The first-order valence-electron chi connectivity index (χ1n) is 6.93. The first-order valence-corrected chi connectivity index (χ1v) is 6.93. The van der Waals surface area contributed by atoms with Crippen LogP contribution in [0.1, 0.15) is 20.3 Å². The first kappa shape index (κ1) is 20.3. The van der Waals surface area contributed by atoms with Crippen LogP contribution in [-0.4, -0.2) is 42.9 Å². The number of nitrogens with one attached hydrogen (secondary N) is 2. The van der Waals surface area contributed by atoms with Crippen LogP contribution in [-0.2, 0) is 9.59 Å². The molecule has 0 fully saturated rings. The lowest BCUT2D eigenvalue weighted by Gasteiger charge is -2.26. The Bertz CT molecular complexity index is 480. The average molecular weight is 332 g/mol. The zero-order valence-electron chi connectivity index (χ0n) is 13.1. The quantitative estimate of drug-likeness (QED) is 0.803. The van der Waals surface area contributed by atoms with Gasteiger partial charge in [0, 0.05) is 24.7 Å². The maximum Gasteiger partial charge on any atom is 0.244 e. The molecule has 0 aliphatic heterocycles. The second-order valence-corrected chi connectivity index (χ2v) is 5.02. The SMILES string of the molecule is CNCCC(=O)N(CC(=O)Nc1ccc(F)cc1)C(C)C.Cl. The van der Waals surface area contributed by atoms with Gasteiger partial charge in [0.15, 0.2) is 0 Å². The maximum atomic E-state index is 12.8. The van der Waals surface area contributed by atoms with Crippen LogP contribution in [0.4, 0.5) is 10.1 Å². The number of rotatable bonds is 7. The molecular weight excluding hydrogens is 309 g/mol. The molecule has 1 aromatic carbocycles. The molecule has 0 saturated carbocycles. The van der Waals surface area contributed by atoms with Gasteiger partial charge in [-0.3, -0.25) is 9.59 Å². The summed E-state index contributed by atoms with van der Waals surface area (Å²) in [6.45, 7) is 4.28. The van der Waals surface area contributed by atoms with E-state index < -0.39 is 0 Å². The van der Waals surface area contributed by atoms with E-state index in [9.17, 15) is 14.0 Å². The summed E-state index contributed by atoms with van der Waals surface area (Å²) in [7, 11) is 1.77. The molecule has 0 bridgehead atoms. The van der Waals surface area contributed by atoms with Crippen molar-refractivity contribution in [3.05, 3.63) is 30.1 Å². The molecule has 0 spiro atoms. The number of amides is 2. The lowest BCUT2D eigenvalue weighted by atomic mass is 10.2. The zero-order chi connectivity index (χ0) is 15.8. The molecule has 5 nitrogen and oxygen atoms in total. The largest absolute Gasteiger partial charge is 0.331 e. The molecule has 7 heteroatoms. The van der Waals surface area contributed by atoms with Gasteiger partial charge in [0.2, 0.25) is 11.8 Å². The minimum atomic E-state index is -0.362. The second kappa shape index (κ2) is 10.1. The predicted octanol–water partition coefficient (Wildman–Crippen LogP) is 2.03. The third-order valence-electron chi connectivity index (χ3n) is 2.97. The highest BCUT2D eigenvalue weighted by molar-refractivity contribution is 5.94. The number of nitrogens with zero attached hydrogens (tertiary/aromatic N) is 1. The molecule has 1 aromatic rings. The van der Waals surface area contributed by atoms with Crippen molar-refractivity contribution in [1.82, 2.24) is 10.2 Å². The average Bonchev–Trinajstić information content (AvgIpc) is 2.44. The fourth-order valence-electron chi connectivity index (χ4n) is 1.82. The van der Waals surface area contributed by atoms with E-state index in [1.54, 1.807) is 7.05 Å². The predicted molar refractivity (Wildman–Crippen MR) is 87.7 cm³/mol. The highest BCUT2D eigenvalue weighted by Gasteiger charge is 2.19. The normalized spacial score (nSPS) is 10.0. The maximum absolute atomic E-state index is 12.8. The summed E-state index contributed by atoms with van der Waals surface area (Å²) in [5, 5.41) is 5.56. The van der Waals surface area contributed by atoms with Gasteiger partial charge < -0.3 is 15.5 Å². The van der Waals surface area contributed by atoms with Crippen molar-refractivity contribution in [1.29, 1.82) is 0 Å². The van der Waals surface area contributed by atoms with E-state index in [1.807, 2.05) is 13.8 Å². The lowest BCUT2D eigenvalue weighted by Crippen LogP contribution is -2.43. The van der Waals surface area contributed by atoms with Gasteiger partial charge in [-0.05, 0) is 45.2 Å². The Kier molecular flexibility index (Phi) is 9.37. The van der Waals surface area contributed by atoms with Crippen LogP contribution in [0, 0.1) is 5.82 Å². The van der Waals surface area contributed by atoms with E-state index in [4.69, 9.17) is 0 Å². The third kappa shape index (κ3) is 6.87. The molecule has 22 heavy (non-hydrogen) atoms. The second-order valence-electron chi connectivity index (χ2n) is 5.02. The number of hydrogen-bond donors (Lipinski definition) is 2. The van der Waals surface area contributed by atoms with Gasteiger partial charge in [0.25, 0.3) is 0 Å². The van der Waals surface area contributed by atoms with Gasteiger partial charge in [-0.25, -0.2) is 4.39 Å². The van der Waals surface area contributed by atoms with Crippen LogP contribution >= 0.6 is 12.4 Å². The molecule has 0 aromatic heterocycles. The fourth-order valence-corrected chi connectivity index (χ4v) is 1.82. The monoisotopic (exact) mass is 331 g/mol. The van der Waals surface area contributed by atoms with Crippen LogP contribution in [0.15, 0.2) is 24.3 Å². The Morgan fingerprint density at radius 1 is 1.23 bits per heavy atom. The molecule has 124 valence electrons. The van der Waals surface area contributed by atoms with Crippen LogP contribution < -0.4 is 10.6 Å². The minimum Gasteiger partial charge on any atom is -0.331 e. The summed E-state index contributed by atoms with van der Waals surface area (Å²) in [6, 6.07) is 5.45. The number of halogens is 2. The molecule has 2 amide bonds. The Balaban J connectivity index is 0.00000441. The summed E-state index contributed by atoms with van der Waals surface area (Å²) in [5.74, 6) is -0.735. The van der Waals surface area contributed by atoms with Crippen LogP contribution in [0.3, 0.4) is 0 Å². The van der Waals surface area contributed by atoms with Gasteiger partial charge in [-0.2, -0.15) is 0 Å². The number of anilines is 1. The Hall–Kier alpha value is -1.66. The van der Waals surface area contributed by atoms with E-state index in [2.05, 4.69) is 10.6 Å². The molecular formula is C15H23ClFN3O2. The van der Waals surface area contributed by atoms with E-state index in [-0.39, 0.29) is 42.6 Å². The van der Waals surface area contributed by atoms with Crippen molar-refractivity contribution >= 4 is 29.9 Å². The van der Waals surface area contributed by atoms with Crippen molar-refractivity contribution in [3.8, 4) is 0 Å². The Morgan fingerprint density at radius 3 is 2.32 bits per heavy atom. The van der Waals surface area contributed by atoms with E-state index in [0.717, 1.165) is 0 Å². The van der Waals surface area contributed by atoms with Crippen molar-refractivity contribution in [3.63, 3.8) is 0 Å². The Morgan fingerprint density at radius 2 is 1.82 bits per heavy atom. The number of benzene rings is 1. The summed E-state index contributed by atoms with van der Waals surface area (Å²) < 4.78 is 12.8. The van der Waals surface area contributed by atoms with Crippen LogP contribution in [0.25, 0.3) is 0 Å². The highest BCUT2D eigenvalue weighted by Crippen LogP contribution is 2.09. The van der Waals surface area contributed by atoms with Gasteiger partial charge in [0.1, 0.15) is 12.4 Å². The summed E-state index contributed by atoms with van der Waals surface area (Å²) in [5.41, 5.74) is 0.507. The van der Waals surface area contributed by atoms with Crippen molar-refractivity contribution in [2.75, 3.05) is 25.5 Å². The summed E-state index contributed by atoms with van der Waals surface area (Å²) in [6.07, 6.45) is 0.346. The third-order valence-corrected chi connectivity index (χ3v) is 2.97. The molecule has 0 atom stereocenters. The highest BCUT2D eigenvalue weighted by atomic mass is 35.5. The van der Waals surface area contributed by atoms with E-state index in [0.29, 0.717) is 18.7 Å². The van der Waals surface area contributed by atoms with Crippen molar-refractivity contribution in [2.45, 2.75) is 26.3 Å². The van der Waals surface area contributed by atoms with E-state index >= 15 is 0 Å². The van der Waals surface area contributed by atoms with Gasteiger partial charge in [-0.1, -0.05) is 0 Å². The topological polar surface area (TPSA) is 61.4 Å². The van der Waals surface area contributed by atoms with Crippen molar-refractivity contribution in [2.24, 2.45) is 0 Å². The summed E-state index contributed by atoms with van der Waals surface area (Å²) >= 11 is 0. The summed E-state index contributed by atoms with van der Waals surface area (Å²) in [4.78, 5) is 25.5. The molecule has 0 radical (unpaired) electrons. The minimum absolute atomic E-state index is 0.